The van der Waals surface area contributed by atoms with Gasteiger partial charge in [-0.2, -0.15) is 0 Å². The van der Waals surface area contributed by atoms with Gasteiger partial charge < -0.3 is 10.6 Å². The highest BCUT2D eigenvalue weighted by atomic mass is 32.1. The molecule has 2 N–H and O–H groups in total. The lowest BCUT2D eigenvalue weighted by molar-refractivity contribution is 0.967. The van der Waals surface area contributed by atoms with Crippen molar-refractivity contribution in [2.75, 3.05) is 24.7 Å². The molecule has 0 fully saturated rings. The first kappa shape index (κ1) is 16.2. The average Bonchev–Trinajstić information content (AvgIpc) is 3.01. The molecule has 0 aliphatic heterocycles. The van der Waals surface area contributed by atoms with E-state index in [2.05, 4.69) is 15.1 Å². The van der Waals surface area contributed by atoms with Gasteiger partial charge in [0.1, 0.15) is 15.9 Å². The van der Waals surface area contributed by atoms with Gasteiger partial charge in [0.15, 0.2) is 5.69 Å². The summed E-state index contributed by atoms with van der Waals surface area (Å²) in [6.07, 6.45) is 3.10. The topological polar surface area (TPSA) is 106 Å². The van der Waals surface area contributed by atoms with Crippen molar-refractivity contribution in [2.24, 2.45) is 5.18 Å². The van der Waals surface area contributed by atoms with Crippen molar-refractivity contribution in [3.05, 3.63) is 52.1 Å². The molecule has 0 radical (unpaired) electrons. The fraction of sp³-hybridized carbons (Fsp3) is 0.118. The van der Waals surface area contributed by atoms with Crippen molar-refractivity contribution in [1.29, 1.82) is 0 Å². The number of nitroso groups, excluding NO2 is 1. The standard InChI is InChI=1S/C17H14N6O2S/c1-22(2)10-6-7-19-16-12(10)14-15(26-16)17(24)23(8-20-14)11-5-3-4-9(18)13(11)21-25/h3-8H,18H2,1-2H3. The predicted molar refractivity (Wildman–Crippen MR) is 105 cm³/mol. The van der Waals surface area contributed by atoms with E-state index < -0.39 is 0 Å². The van der Waals surface area contributed by atoms with Gasteiger partial charge in [-0.05, 0) is 23.4 Å². The maximum absolute atomic E-state index is 13.1. The smallest absolute Gasteiger partial charge is 0.276 e. The molecule has 0 saturated carbocycles. The van der Waals surface area contributed by atoms with Gasteiger partial charge >= 0.3 is 0 Å². The van der Waals surface area contributed by atoms with E-state index in [0.717, 1.165) is 15.9 Å². The summed E-state index contributed by atoms with van der Waals surface area (Å²) in [5, 5.41) is 3.81. The summed E-state index contributed by atoms with van der Waals surface area (Å²) < 4.78 is 1.75. The van der Waals surface area contributed by atoms with Crippen LogP contribution in [-0.4, -0.2) is 28.6 Å². The molecule has 4 aromatic rings. The summed E-state index contributed by atoms with van der Waals surface area (Å²) in [5.74, 6) is 0. The number of nitrogens with two attached hydrogens (primary N) is 1. The Labute approximate surface area is 151 Å². The quantitative estimate of drug-likeness (QED) is 0.441. The predicted octanol–water partition coefficient (Wildman–Crippen LogP) is 3.04. The molecule has 1 aromatic carbocycles. The number of pyridine rings is 1. The molecule has 0 unspecified atom stereocenters. The molecule has 3 aromatic heterocycles. The molecular weight excluding hydrogens is 352 g/mol. The lowest BCUT2D eigenvalue weighted by atomic mass is 10.2. The molecule has 4 rings (SSSR count). The van der Waals surface area contributed by atoms with Crippen molar-refractivity contribution in [3.63, 3.8) is 0 Å². The molecule has 0 aliphatic rings. The second-order valence-electron chi connectivity index (χ2n) is 5.91. The van der Waals surface area contributed by atoms with Crippen molar-refractivity contribution in [3.8, 4) is 5.69 Å². The van der Waals surface area contributed by atoms with Gasteiger partial charge in [-0.3, -0.25) is 9.36 Å². The van der Waals surface area contributed by atoms with Crippen LogP contribution in [0, 0.1) is 4.91 Å². The molecule has 0 spiro atoms. The fourth-order valence-electron chi connectivity index (χ4n) is 2.92. The Morgan fingerprint density at radius 3 is 2.77 bits per heavy atom. The minimum Gasteiger partial charge on any atom is -0.397 e. The third-order valence-corrected chi connectivity index (χ3v) is 5.21. The van der Waals surface area contributed by atoms with Gasteiger partial charge in [0.25, 0.3) is 5.56 Å². The Bertz CT molecular complexity index is 1230. The van der Waals surface area contributed by atoms with Crippen LogP contribution >= 0.6 is 11.3 Å². The van der Waals surface area contributed by atoms with Crippen molar-refractivity contribution >= 4 is 48.8 Å². The van der Waals surface area contributed by atoms with Gasteiger partial charge in [-0.1, -0.05) is 6.07 Å². The Balaban J connectivity index is 2.08. The van der Waals surface area contributed by atoms with E-state index in [4.69, 9.17) is 5.73 Å². The van der Waals surface area contributed by atoms with Gasteiger partial charge in [0, 0.05) is 20.3 Å². The Hall–Kier alpha value is -3.33. The zero-order chi connectivity index (χ0) is 18.4. The highest BCUT2D eigenvalue weighted by Crippen LogP contribution is 2.36. The summed E-state index contributed by atoms with van der Waals surface area (Å²) in [6.45, 7) is 0. The van der Waals surface area contributed by atoms with E-state index in [0.29, 0.717) is 15.9 Å². The number of rotatable bonds is 3. The van der Waals surface area contributed by atoms with E-state index in [1.165, 1.54) is 22.2 Å². The van der Waals surface area contributed by atoms with Crippen LogP contribution < -0.4 is 16.2 Å². The van der Waals surface area contributed by atoms with Crippen LogP contribution in [0.1, 0.15) is 0 Å². The van der Waals surface area contributed by atoms with E-state index in [1.54, 1.807) is 24.4 Å². The molecule has 0 aliphatic carbocycles. The number of thiophene rings is 1. The van der Waals surface area contributed by atoms with E-state index >= 15 is 0 Å². The van der Waals surface area contributed by atoms with Crippen LogP contribution in [0.5, 0.6) is 0 Å². The number of hydrogen-bond acceptors (Lipinski definition) is 8. The van der Waals surface area contributed by atoms with Gasteiger partial charge in [0.05, 0.1) is 28.0 Å². The maximum atomic E-state index is 13.1. The largest absolute Gasteiger partial charge is 0.397 e. The highest BCUT2D eigenvalue weighted by molar-refractivity contribution is 7.25. The van der Waals surface area contributed by atoms with Crippen molar-refractivity contribution in [1.82, 2.24) is 14.5 Å². The van der Waals surface area contributed by atoms with E-state index in [9.17, 15) is 9.70 Å². The average molecular weight is 366 g/mol. The Kier molecular flexibility index (Phi) is 3.66. The number of fused-ring (bicyclic) bond motifs is 3. The van der Waals surface area contributed by atoms with Gasteiger partial charge in [0.2, 0.25) is 0 Å². The summed E-state index contributed by atoms with van der Waals surface area (Å²) in [4.78, 5) is 35.8. The molecule has 9 heteroatoms. The summed E-state index contributed by atoms with van der Waals surface area (Å²) in [6, 6.07) is 6.71. The Morgan fingerprint density at radius 1 is 1.23 bits per heavy atom. The second-order valence-corrected chi connectivity index (χ2v) is 6.91. The molecule has 130 valence electrons. The first-order chi connectivity index (χ1) is 12.5. The molecule has 0 saturated heterocycles. The van der Waals surface area contributed by atoms with Crippen LogP contribution in [0.15, 0.2) is 46.8 Å². The van der Waals surface area contributed by atoms with Crippen LogP contribution in [0.2, 0.25) is 0 Å². The van der Waals surface area contributed by atoms with E-state index in [1.807, 2.05) is 25.1 Å². The molecule has 3 heterocycles. The van der Waals surface area contributed by atoms with Gasteiger partial charge in [-0.25, -0.2) is 9.97 Å². The maximum Gasteiger partial charge on any atom is 0.276 e. The molecular formula is C17H14N6O2S. The monoisotopic (exact) mass is 366 g/mol. The van der Waals surface area contributed by atoms with E-state index in [-0.39, 0.29) is 16.9 Å². The SMILES string of the molecule is CN(C)c1ccnc2sc3c(=O)n(-c4cccc(N)c4N=O)cnc3c12. The number of benzene rings is 1. The minimum atomic E-state index is -0.293. The lowest BCUT2D eigenvalue weighted by Crippen LogP contribution is -2.18. The van der Waals surface area contributed by atoms with Crippen LogP contribution in [-0.2, 0) is 0 Å². The molecule has 8 nitrogen and oxygen atoms in total. The second kappa shape index (κ2) is 5.88. The molecule has 26 heavy (non-hydrogen) atoms. The van der Waals surface area contributed by atoms with Crippen LogP contribution in [0.4, 0.5) is 17.1 Å². The lowest BCUT2D eigenvalue weighted by Gasteiger charge is -2.13. The van der Waals surface area contributed by atoms with Gasteiger partial charge in [-0.15, -0.1) is 16.2 Å². The number of nitrogens with zero attached hydrogens (tertiary/aromatic N) is 5. The molecule has 0 amide bonds. The zero-order valence-corrected chi connectivity index (χ0v) is 14.8. The highest BCUT2D eigenvalue weighted by Gasteiger charge is 2.18. The van der Waals surface area contributed by atoms with Crippen molar-refractivity contribution < 1.29 is 0 Å². The number of hydrogen-bond donors (Lipinski definition) is 1. The molecule has 0 atom stereocenters. The normalized spacial score (nSPS) is 11.2. The van der Waals surface area contributed by atoms with Crippen LogP contribution in [0.25, 0.3) is 26.1 Å². The molecule has 0 bridgehead atoms. The Morgan fingerprint density at radius 2 is 2.04 bits per heavy atom. The van der Waals surface area contributed by atoms with Crippen molar-refractivity contribution in [2.45, 2.75) is 0 Å². The first-order valence-electron chi connectivity index (χ1n) is 7.71. The third-order valence-electron chi connectivity index (χ3n) is 4.14. The third kappa shape index (κ3) is 2.25. The number of anilines is 2. The summed E-state index contributed by atoms with van der Waals surface area (Å²) in [7, 11) is 3.85. The summed E-state index contributed by atoms with van der Waals surface area (Å²) in [5.41, 5.74) is 7.56. The minimum absolute atomic E-state index is 0.0176. The summed E-state index contributed by atoms with van der Waals surface area (Å²) >= 11 is 1.27. The zero-order valence-electron chi connectivity index (χ0n) is 14.0. The first-order valence-corrected chi connectivity index (χ1v) is 8.53. The number of nitrogen functional groups attached to an aromatic ring is 1. The number of aromatic nitrogens is 3. The fourth-order valence-corrected chi connectivity index (χ4v) is 3.97. The van der Waals surface area contributed by atoms with Crippen LogP contribution in [0.3, 0.4) is 0 Å².